The number of ether oxygens (including phenoxy) is 1. The summed E-state index contributed by atoms with van der Waals surface area (Å²) in [7, 11) is 3.53. The van der Waals surface area contributed by atoms with E-state index in [0.717, 1.165) is 30.1 Å². The third-order valence-electron chi connectivity index (χ3n) is 3.76. The van der Waals surface area contributed by atoms with E-state index in [9.17, 15) is 9.59 Å². The van der Waals surface area contributed by atoms with E-state index in [1.54, 1.807) is 12.1 Å². The number of fused-ring (bicyclic) bond motifs is 1. The lowest BCUT2D eigenvalue weighted by Gasteiger charge is -2.20. The second-order valence-corrected chi connectivity index (χ2v) is 7.13. The predicted molar refractivity (Wildman–Crippen MR) is 97.4 cm³/mol. The fraction of sp³-hybridized carbons (Fsp3) is 0.312. The summed E-state index contributed by atoms with van der Waals surface area (Å²) in [6, 6.07) is 4.73. The van der Waals surface area contributed by atoms with Crippen molar-refractivity contribution in [2.75, 3.05) is 31.3 Å². The summed E-state index contributed by atoms with van der Waals surface area (Å²) in [5.74, 6) is -1.07. The molecule has 2 amide bonds. The maximum Gasteiger partial charge on any atom is 0.315 e. The Hall–Kier alpha value is -2.16. The number of methoxy groups -OCH3 is 1. The maximum absolute atomic E-state index is 12.1. The van der Waals surface area contributed by atoms with Crippen LogP contribution < -0.4 is 15.4 Å². The smallest absolute Gasteiger partial charge is 0.315 e. The Morgan fingerprint density at radius 2 is 2.08 bits per heavy atom. The molecule has 7 nitrogen and oxygen atoms in total. The van der Waals surface area contributed by atoms with Crippen LogP contribution in [0, 0.1) is 0 Å². The molecule has 1 aliphatic rings. The van der Waals surface area contributed by atoms with Crippen LogP contribution in [-0.2, 0) is 22.6 Å². The lowest BCUT2D eigenvalue weighted by molar-refractivity contribution is -0.132. The van der Waals surface area contributed by atoms with Gasteiger partial charge in [0.15, 0.2) is 5.13 Å². The van der Waals surface area contributed by atoms with Gasteiger partial charge in [0, 0.05) is 30.1 Å². The fourth-order valence-corrected chi connectivity index (χ4v) is 3.80. The lowest BCUT2D eigenvalue weighted by atomic mass is 10.2. The van der Waals surface area contributed by atoms with Gasteiger partial charge in [-0.15, -0.1) is 11.3 Å². The molecule has 0 fully saturated rings. The molecular weight excluding hydrogens is 364 g/mol. The van der Waals surface area contributed by atoms with Crippen LogP contribution in [0.5, 0.6) is 5.75 Å². The molecule has 1 aromatic carbocycles. The van der Waals surface area contributed by atoms with Crippen molar-refractivity contribution in [3.8, 4) is 5.75 Å². The van der Waals surface area contributed by atoms with Gasteiger partial charge in [-0.3, -0.25) is 14.9 Å². The highest BCUT2D eigenvalue weighted by molar-refractivity contribution is 7.16. The number of benzene rings is 1. The molecule has 0 atom stereocenters. The van der Waals surface area contributed by atoms with Gasteiger partial charge in [0.2, 0.25) is 0 Å². The van der Waals surface area contributed by atoms with Crippen LogP contribution in [0.3, 0.4) is 0 Å². The topological polar surface area (TPSA) is 83.6 Å². The van der Waals surface area contributed by atoms with E-state index in [1.165, 1.54) is 24.5 Å². The number of hydrogen-bond acceptors (Lipinski definition) is 6. The monoisotopic (exact) mass is 380 g/mol. The third-order valence-corrected chi connectivity index (χ3v) is 5.05. The molecule has 0 radical (unpaired) electrons. The number of halogens is 1. The van der Waals surface area contributed by atoms with Crippen molar-refractivity contribution in [3.63, 3.8) is 0 Å². The fourth-order valence-electron chi connectivity index (χ4n) is 2.46. The molecule has 0 unspecified atom stereocenters. The summed E-state index contributed by atoms with van der Waals surface area (Å²) in [6.07, 6.45) is 0.842. The van der Waals surface area contributed by atoms with Gasteiger partial charge in [0.05, 0.1) is 17.8 Å². The van der Waals surface area contributed by atoms with Crippen molar-refractivity contribution < 1.29 is 14.3 Å². The first kappa shape index (κ1) is 17.7. The summed E-state index contributed by atoms with van der Waals surface area (Å²) in [5.41, 5.74) is 1.40. The Bertz CT molecular complexity index is 824. The molecule has 9 heteroatoms. The molecule has 2 heterocycles. The van der Waals surface area contributed by atoms with Gasteiger partial charge in [0.25, 0.3) is 0 Å². The Morgan fingerprint density at radius 3 is 2.80 bits per heavy atom. The first-order valence-corrected chi connectivity index (χ1v) is 8.78. The van der Waals surface area contributed by atoms with Crippen molar-refractivity contribution >= 4 is 45.6 Å². The van der Waals surface area contributed by atoms with Crippen LogP contribution in [0.1, 0.15) is 10.6 Å². The van der Waals surface area contributed by atoms with Gasteiger partial charge in [-0.25, -0.2) is 4.98 Å². The number of likely N-dealkylation sites (N-methyl/N-ethyl adjacent to an activating group) is 1. The van der Waals surface area contributed by atoms with Crippen molar-refractivity contribution in [2.45, 2.75) is 13.0 Å². The van der Waals surface area contributed by atoms with E-state index in [-0.39, 0.29) is 0 Å². The summed E-state index contributed by atoms with van der Waals surface area (Å²) in [6.45, 7) is 1.74. The van der Waals surface area contributed by atoms with E-state index in [1.807, 2.05) is 7.05 Å². The minimum absolute atomic E-state index is 0.345. The van der Waals surface area contributed by atoms with Crippen molar-refractivity contribution in [3.05, 3.63) is 33.8 Å². The number of carbonyl (C=O) groups excluding carboxylic acids is 2. The zero-order valence-corrected chi connectivity index (χ0v) is 15.3. The minimum atomic E-state index is -0.786. The van der Waals surface area contributed by atoms with E-state index in [0.29, 0.717) is 21.6 Å². The second kappa shape index (κ2) is 7.38. The summed E-state index contributed by atoms with van der Waals surface area (Å²) in [4.78, 5) is 31.8. The Kier molecular flexibility index (Phi) is 5.22. The van der Waals surface area contributed by atoms with Crippen molar-refractivity contribution in [2.24, 2.45) is 0 Å². The van der Waals surface area contributed by atoms with Gasteiger partial charge in [-0.1, -0.05) is 11.6 Å². The quantitative estimate of drug-likeness (QED) is 0.799. The number of anilines is 2. The summed E-state index contributed by atoms with van der Waals surface area (Å²) in [5, 5.41) is 5.83. The molecule has 0 spiro atoms. The van der Waals surface area contributed by atoms with Gasteiger partial charge in [-0.2, -0.15) is 0 Å². The molecule has 0 aliphatic carbocycles. The Morgan fingerprint density at radius 1 is 1.32 bits per heavy atom. The van der Waals surface area contributed by atoms with Crippen LogP contribution in [0.25, 0.3) is 0 Å². The molecule has 1 aromatic heterocycles. The van der Waals surface area contributed by atoms with Crippen LogP contribution in [0.4, 0.5) is 10.8 Å². The van der Waals surface area contributed by atoms with E-state index >= 15 is 0 Å². The molecule has 2 aromatic rings. The number of rotatable bonds is 3. The zero-order chi connectivity index (χ0) is 18.0. The van der Waals surface area contributed by atoms with E-state index < -0.39 is 11.8 Å². The second-order valence-electron chi connectivity index (χ2n) is 5.63. The molecular formula is C16H17ClN4O3S. The average Bonchev–Trinajstić information content (AvgIpc) is 2.96. The van der Waals surface area contributed by atoms with E-state index in [4.69, 9.17) is 16.3 Å². The SMILES string of the molecule is COc1ccc(NC(=O)C(=O)Nc2nc3c(s2)CN(C)CC3)cc1Cl. The van der Waals surface area contributed by atoms with Crippen molar-refractivity contribution in [1.82, 2.24) is 9.88 Å². The largest absolute Gasteiger partial charge is 0.495 e. The normalized spacial score (nSPS) is 13.9. The number of carbonyl (C=O) groups is 2. The highest BCUT2D eigenvalue weighted by Gasteiger charge is 2.21. The molecule has 25 heavy (non-hydrogen) atoms. The lowest BCUT2D eigenvalue weighted by Crippen LogP contribution is -2.29. The van der Waals surface area contributed by atoms with Crippen molar-refractivity contribution in [1.29, 1.82) is 0 Å². The molecule has 2 N–H and O–H groups in total. The number of hydrogen-bond donors (Lipinski definition) is 2. The predicted octanol–water partition coefficient (Wildman–Crippen LogP) is 2.37. The molecule has 132 valence electrons. The summed E-state index contributed by atoms with van der Waals surface area (Å²) < 4.78 is 5.04. The van der Waals surface area contributed by atoms with E-state index in [2.05, 4.69) is 20.5 Å². The third kappa shape index (κ3) is 4.09. The highest BCUT2D eigenvalue weighted by Crippen LogP contribution is 2.28. The maximum atomic E-state index is 12.1. The first-order chi connectivity index (χ1) is 12.0. The number of thiazole rings is 1. The first-order valence-electron chi connectivity index (χ1n) is 7.59. The molecule has 3 rings (SSSR count). The minimum Gasteiger partial charge on any atom is -0.495 e. The number of nitrogens with zero attached hydrogens (tertiary/aromatic N) is 2. The molecule has 1 aliphatic heterocycles. The average molecular weight is 381 g/mol. The van der Waals surface area contributed by atoms with Crippen LogP contribution in [0.2, 0.25) is 5.02 Å². The van der Waals surface area contributed by atoms with Crippen LogP contribution >= 0.6 is 22.9 Å². The van der Waals surface area contributed by atoms with Gasteiger partial charge in [-0.05, 0) is 25.2 Å². The van der Waals surface area contributed by atoms with Gasteiger partial charge < -0.3 is 15.0 Å². The van der Waals surface area contributed by atoms with Gasteiger partial charge in [0.1, 0.15) is 5.75 Å². The Balaban J connectivity index is 1.63. The zero-order valence-electron chi connectivity index (χ0n) is 13.8. The van der Waals surface area contributed by atoms with Crippen LogP contribution in [0.15, 0.2) is 18.2 Å². The molecule has 0 saturated carbocycles. The number of amides is 2. The number of aromatic nitrogens is 1. The number of nitrogens with one attached hydrogen (secondary N) is 2. The molecule has 0 bridgehead atoms. The summed E-state index contributed by atoms with van der Waals surface area (Å²) >= 11 is 7.40. The standard InChI is InChI=1S/C16H17ClN4O3S/c1-21-6-5-11-13(8-21)25-16(19-11)20-15(23)14(22)18-9-3-4-12(24-2)10(17)7-9/h3-4,7H,5-6,8H2,1-2H3,(H,18,22)(H,19,20,23). The van der Waals surface area contributed by atoms with Gasteiger partial charge >= 0.3 is 11.8 Å². The van der Waals surface area contributed by atoms with Crippen LogP contribution in [-0.4, -0.2) is 42.4 Å². The highest BCUT2D eigenvalue weighted by atomic mass is 35.5. The Labute approximate surface area is 153 Å². The molecule has 0 saturated heterocycles.